The fourth-order valence-electron chi connectivity index (χ4n) is 3.01. The number of carbonyl (C=O) groups excluding carboxylic acids is 1. The van der Waals surface area contributed by atoms with Crippen LogP contribution in [0.25, 0.3) is 0 Å². The van der Waals surface area contributed by atoms with E-state index in [4.69, 9.17) is 0 Å². The Morgan fingerprint density at radius 1 is 1.25 bits per heavy atom. The third-order valence-electron chi connectivity index (χ3n) is 4.78. The number of aromatic nitrogens is 1. The molecule has 1 atom stereocenters. The van der Waals surface area contributed by atoms with Crippen LogP contribution in [0.15, 0.2) is 84.0 Å². The van der Waals surface area contributed by atoms with E-state index >= 15 is 0 Å². The van der Waals surface area contributed by atoms with Gasteiger partial charge in [0.05, 0.1) is 23.3 Å². The molecule has 168 valence electrons. The van der Waals surface area contributed by atoms with Gasteiger partial charge in [0.25, 0.3) is 5.91 Å². The lowest BCUT2D eigenvalue weighted by Gasteiger charge is -2.17. The van der Waals surface area contributed by atoms with E-state index < -0.39 is 0 Å². The van der Waals surface area contributed by atoms with Gasteiger partial charge < -0.3 is 15.5 Å². The van der Waals surface area contributed by atoms with Crippen molar-refractivity contribution in [2.45, 2.75) is 33.7 Å². The zero-order chi connectivity index (χ0) is 23.7. The van der Waals surface area contributed by atoms with Crippen molar-refractivity contribution >= 4 is 17.3 Å². The third-order valence-corrected chi connectivity index (χ3v) is 4.78. The SMILES string of the molecule is C=C(C(/C=C\C)=N/C=C(\C)N[C@@H](C)c1cccc(C(=O)Nc2cncc(C)c2)c1)N(C)C. The number of carbonyl (C=O) groups is 1. The fourth-order valence-corrected chi connectivity index (χ4v) is 3.01. The van der Waals surface area contributed by atoms with E-state index in [1.807, 2.05) is 83.1 Å². The summed E-state index contributed by atoms with van der Waals surface area (Å²) in [4.78, 5) is 23.3. The number of aliphatic imine (C=N–C) groups is 1. The highest BCUT2D eigenvalue weighted by Gasteiger charge is 2.11. The van der Waals surface area contributed by atoms with Crippen LogP contribution in [-0.4, -0.2) is 35.6 Å². The number of allylic oxidation sites excluding steroid dienone is 3. The number of nitrogens with one attached hydrogen (secondary N) is 2. The Morgan fingerprint density at radius 2 is 2.00 bits per heavy atom. The number of amides is 1. The molecule has 0 fully saturated rings. The van der Waals surface area contributed by atoms with Crippen LogP contribution in [0.5, 0.6) is 0 Å². The van der Waals surface area contributed by atoms with E-state index in [2.05, 4.69) is 27.2 Å². The summed E-state index contributed by atoms with van der Waals surface area (Å²) in [6.07, 6.45) is 9.06. The standard InChI is InChI=1S/C26H33N5O/c1-8-10-25(21(5)31(6)7)28-16-19(3)29-20(4)22-11-9-12-23(14-22)26(32)30-24-13-18(2)15-27-17-24/h8-17,20,29H,5H2,1-4,6-7H3,(H,30,32)/b10-8-,19-16+,28-25+/t20-/m0/s1. The highest BCUT2D eigenvalue weighted by atomic mass is 16.1. The first-order chi connectivity index (χ1) is 15.2. The summed E-state index contributed by atoms with van der Waals surface area (Å²) in [5.41, 5.74) is 5.81. The van der Waals surface area contributed by atoms with E-state index in [1.165, 1.54) is 0 Å². The first-order valence-electron chi connectivity index (χ1n) is 10.5. The van der Waals surface area contributed by atoms with Crippen molar-refractivity contribution in [3.63, 3.8) is 0 Å². The van der Waals surface area contributed by atoms with Crippen molar-refractivity contribution in [2.75, 3.05) is 19.4 Å². The first-order valence-corrected chi connectivity index (χ1v) is 10.5. The summed E-state index contributed by atoms with van der Waals surface area (Å²) in [6.45, 7) is 12.0. The Hall–Kier alpha value is -3.67. The molecular formula is C26H33N5O. The van der Waals surface area contributed by atoms with Crippen LogP contribution >= 0.6 is 0 Å². The van der Waals surface area contributed by atoms with Crippen LogP contribution in [0.4, 0.5) is 5.69 Å². The van der Waals surface area contributed by atoms with Crippen molar-refractivity contribution in [1.29, 1.82) is 0 Å². The quantitative estimate of drug-likeness (QED) is 0.532. The number of pyridine rings is 1. The second kappa shape index (κ2) is 11.6. The van der Waals surface area contributed by atoms with Crippen molar-refractivity contribution < 1.29 is 4.79 Å². The lowest BCUT2D eigenvalue weighted by Crippen LogP contribution is -2.18. The predicted octanol–water partition coefficient (Wildman–Crippen LogP) is 5.25. The second-order valence-corrected chi connectivity index (χ2v) is 7.86. The van der Waals surface area contributed by atoms with Gasteiger partial charge in [-0.2, -0.15) is 0 Å². The highest BCUT2D eigenvalue weighted by molar-refractivity contribution is 6.07. The molecule has 0 aliphatic carbocycles. The van der Waals surface area contributed by atoms with E-state index in [0.717, 1.165) is 28.2 Å². The molecule has 0 spiro atoms. The van der Waals surface area contributed by atoms with E-state index in [0.29, 0.717) is 11.3 Å². The summed E-state index contributed by atoms with van der Waals surface area (Å²) >= 11 is 0. The zero-order valence-corrected chi connectivity index (χ0v) is 19.8. The van der Waals surface area contributed by atoms with Crippen LogP contribution in [0.3, 0.4) is 0 Å². The predicted molar refractivity (Wildman–Crippen MR) is 134 cm³/mol. The van der Waals surface area contributed by atoms with E-state index in [1.54, 1.807) is 24.7 Å². The minimum Gasteiger partial charge on any atom is -0.381 e. The molecule has 6 nitrogen and oxygen atoms in total. The minimum atomic E-state index is -0.165. The first kappa shape index (κ1) is 24.6. The van der Waals surface area contributed by atoms with Gasteiger partial charge in [-0.3, -0.25) is 14.8 Å². The summed E-state index contributed by atoms with van der Waals surface area (Å²) in [7, 11) is 3.88. The Labute approximate surface area is 191 Å². The van der Waals surface area contributed by atoms with Crippen molar-refractivity contribution in [3.05, 3.63) is 95.7 Å². The molecule has 2 aromatic rings. The molecule has 0 aliphatic heterocycles. The van der Waals surface area contributed by atoms with Gasteiger partial charge in [0, 0.05) is 43.8 Å². The van der Waals surface area contributed by atoms with Gasteiger partial charge in [-0.05, 0) is 63.1 Å². The number of hydrogen-bond donors (Lipinski definition) is 2. The number of nitrogens with zero attached hydrogens (tertiary/aromatic N) is 3. The Kier molecular flexibility index (Phi) is 8.95. The van der Waals surface area contributed by atoms with E-state index in [9.17, 15) is 4.79 Å². The summed E-state index contributed by atoms with van der Waals surface area (Å²) < 4.78 is 0. The molecule has 0 bridgehead atoms. The van der Waals surface area contributed by atoms with Crippen LogP contribution in [0.1, 0.15) is 48.3 Å². The molecule has 0 saturated carbocycles. The van der Waals surface area contributed by atoms with Crippen LogP contribution in [-0.2, 0) is 0 Å². The van der Waals surface area contributed by atoms with Gasteiger partial charge in [0.2, 0.25) is 0 Å². The normalized spacial score (nSPS) is 13.1. The van der Waals surface area contributed by atoms with Gasteiger partial charge in [0.1, 0.15) is 0 Å². The van der Waals surface area contributed by atoms with Gasteiger partial charge >= 0.3 is 0 Å². The van der Waals surface area contributed by atoms with Gasteiger partial charge in [0.15, 0.2) is 0 Å². The summed E-state index contributed by atoms with van der Waals surface area (Å²) in [5.74, 6) is -0.165. The highest BCUT2D eigenvalue weighted by Crippen LogP contribution is 2.17. The molecule has 1 aromatic heterocycles. The molecule has 0 aliphatic rings. The maximum Gasteiger partial charge on any atom is 0.255 e. The Bertz CT molecular complexity index is 1050. The lowest BCUT2D eigenvalue weighted by molar-refractivity contribution is 0.102. The van der Waals surface area contributed by atoms with Crippen LogP contribution in [0, 0.1) is 6.92 Å². The topological polar surface area (TPSA) is 69.6 Å². The molecule has 6 heteroatoms. The molecule has 2 rings (SSSR count). The lowest BCUT2D eigenvalue weighted by atomic mass is 10.0. The van der Waals surface area contributed by atoms with E-state index in [-0.39, 0.29) is 11.9 Å². The fraction of sp³-hybridized carbons (Fsp3) is 0.269. The Balaban J connectivity index is 2.12. The summed E-state index contributed by atoms with van der Waals surface area (Å²) in [5, 5.41) is 6.33. The number of aryl methyl sites for hydroxylation is 1. The minimum absolute atomic E-state index is 0.00273. The van der Waals surface area contributed by atoms with Crippen LogP contribution < -0.4 is 10.6 Å². The van der Waals surface area contributed by atoms with Crippen molar-refractivity contribution in [3.8, 4) is 0 Å². The van der Waals surface area contributed by atoms with Gasteiger partial charge in [-0.15, -0.1) is 0 Å². The molecule has 1 amide bonds. The van der Waals surface area contributed by atoms with Crippen molar-refractivity contribution in [2.24, 2.45) is 4.99 Å². The number of benzene rings is 1. The average molecular weight is 432 g/mol. The molecule has 1 heterocycles. The molecule has 2 N–H and O–H groups in total. The molecule has 0 unspecified atom stereocenters. The largest absolute Gasteiger partial charge is 0.381 e. The van der Waals surface area contributed by atoms with Crippen LogP contribution in [0.2, 0.25) is 0 Å². The van der Waals surface area contributed by atoms with Crippen molar-refractivity contribution in [1.82, 2.24) is 15.2 Å². The number of rotatable bonds is 9. The number of anilines is 1. The maximum absolute atomic E-state index is 12.7. The third kappa shape index (κ3) is 7.23. The molecule has 32 heavy (non-hydrogen) atoms. The summed E-state index contributed by atoms with van der Waals surface area (Å²) in [6, 6.07) is 9.47. The molecule has 0 radical (unpaired) electrons. The smallest absolute Gasteiger partial charge is 0.255 e. The molecule has 0 saturated heterocycles. The van der Waals surface area contributed by atoms with Gasteiger partial charge in [-0.1, -0.05) is 24.8 Å². The van der Waals surface area contributed by atoms with Gasteiger partial charge in [-0.25, -0.2) is 0 Å². The monoisotopic (exact) mass is 431 g/mol. The number of hydrogen-bond acceptors (Lipinski definition) is 5. The molecular weight excluding hydrogens is 398 g/mol. The maximum atomic E-state index is 12.7. The average Bonchev–Trinajstić information content (AvgIpc) is 2.76. The molecule has 1 aromatic carbocycles. The second-order valence-electron chi connectivity index (χ2n) is 7.86. The zero-order valence-electron chi connectivity index (χ0n) is 19.8. The Morgan fingerprint density at radius 3 is 2.66 bits per heavy atom.